The Labute approximate surface area is 100 Å². The highest BCUT2D eigenvalue weighted by Gasteiger charge is 2.20. The van der Waals surface area contributed by atoms with E-state index in [0.717, 1.165) is 19.6 Å². The molecule has 1 fully saturated rings. The average molecular weight is 238 g/mol. The third-order valence-corrected chi connectivity index (χ3v) is 3.25. The second-order valence-electron chi connectivity index (χ2n) is 4.53. The van der Waals surface area contributed by atoms with Crippen LogP contribution in [0.3, 0.4) is 0 Å². The molecular formula is C11H18N4O2. The Kier molecular flexibility index (Phi) is 3.73. The van der Waals surface area contributed by atoms with E-state index in [-0.39, 0.29) is 5.69 Å². The summed E-state index contributed by atoms with van der Waals surface area (Å²) >= 11 is 0. The summed E-state index contributed by atoms with van der Waals surface area (Å²) in [6.45, 7) is 6.24. The standard InChI is InChI=1S/C11H18N4O2/c1-2-14-5-3-4-9(6-14)7-15-8-10(11(16)17)12-13-15/h8-9H,2-7H2,1H3,(H,16,17)/t9-/m0/s1. The van der Waals surface area contributed by atoms with E-state index in [2.05, 4.69) is 22.1 Å². The molecule has 0 saturated carbocycles. The van der Waals surface area contributed by atoms with Crippen LogP contribution < -0.4 is 0 Å². The molecule has 0 radical (unpaired) electrons. The highest BCUT2D eigenvalue weighted by Crippen LogP contribution is 2.17. The van der Waals surface area contributed by atoms with Gasteiger partial charge in [0.15, 0.2) is 5.69 Å². The lowest BCUT2D eigenvalue weighted by Gasteiger charge is -2.31. The van der Waals surface area contributed by atoms with E-state index < -0.39 is 5.97 Å². The van der Waals surface area contributed by atoms with Crippen molar-refractivity contribution in [3.63, 3.8) is 0 Å². The van der Waals surface area contributed by atoms with Crippen LogP contribution in [0, 0.1) is 5.92 Å². The van der Waals surface area contributed by atoms with Crippen molar-refractivity contribution < 1.29 is 9.90 Å². The third kappa shape index (κ3) is 3.03. The van der Waals surface area contributed by atoms with Crippen LogP contribution in [0.1, 0.15) is 30.3 Å². The van der Waals surface area contributed by atoms with Crippen molar-refractivity contribution in [2.75, 3.05) is 19.6 Å². The van der Waals surface area contributed by atoms with Crippen molar-refractivity contribution in [2.24, 2.45) is 5.92 Å². The summed E-state index contributed by atoms with van der Waals surface area (Å²) in [4.78, 5) is 13.1. The monoisotopic (exact) mass is 238 g/mol. The first-order chi connectivity index (χ1) is 8.19. The van der Waals surface area contributed by atoms with Crippen LogP contribution in [0.15, 0.2) is 6.20 Å². The molecule has 6 nitrogen and oxygen atoms in total. The summed E-state index contributed by atoms with van der Waals surface area (Å²) in [6, 6.07) is 0. The molecule has 94 valence electrons. The SMILES string of the molecule is CCN1CCC[C@H](Cn2cc(C(=O)O)nn2)C1. The van der Waals surface area contributed by atoms with Gasteiger partial charge in [0, 0.05) is 13.1 Å². The predicted molar refractivity (Wildman–Crippen MR) is 61.8 cm³/mol. The number of carboxylic acid groups (broad SMARTS) is 1. The first-order valence-corrected chi connectivity index (χ1v) is 6.04. The van der Waals surface area contributed by atoms with Gasteiger partial charge in [0.2, 0.25) is 0 Å². The Morgan fingerprint density at radius 2 is 2.47 bits per heavy atom. The Bertz CT molecular complexity index is 391. The molecule has 2 heterocycles. The molecule has 2 rings (SSSR count). The Morgan fingerprint density at radius 1 is 1.65 bits per heavy atom. The van der Waals surface area contributed by atoms with Crippen LogP contribution >= 0.6 is 0 Å². The Balaban J connectivity index is 1.93. The first-order valence-electron chi connectivity index (χ1n) is 6.04. The van der Waals surface area contributed by atoms with Gasteiger partial charge in [0.25, 0.3) is 0 Å². The quantitative estimate of drug-likeness (QED) is 0.836. The minimum atomic E-state index is -1.02. The topological polar surface area (TPSA) is 71.2 Å². The van der Waals surface area contributed by atoms with Gasteiger partial charge in [-0.05, 0) is 31.8 Å². The normalized spacial score (nSPS) is 21.6. The van der Waals surface area contributed by atoms with Gasteiger partial charge in [-0.3, -0.25) is 4.68 Å². The zero-order chi connectivity index (χ0) is 12.3. The van der Waals surface area contributed by atoms with Crippen LogP contribution in [0.25, 0.3) is 0 Å². The second-order valence-corrected chi connectivity index (χ2v) is 4.53. The summed E-state index contributed by atoms with van der Waals surface area (Å²) in [5, 5.41) is 16.2. The van der Waals surface area contributed by atoms with E-state index in [1.165, 1.54) is 25.6 Å². The molecule has 1 aromatic heterocycles. The summed E-state index contributed by atoms with van der Waals surface area (Å²) in [6.07, 6.45) is 3.89. The van der Waals surface area contributed by atoms with E-state index >= 15 is 0 Å². The molecular weight excluding hydrogens is 220 g/mol. The van der Waals surface area contributed by atoms with E-state index in [0.29, 0.717) is 5.92 Å². The highest BCUT2D eigenvalue weighted by molar-refractivity contribution is 5.84. The minimum absolute atomic E-state index is 0.0214. The number of carboxylic acids is 1. The van der Waals surface area contributed by atoms with Crippen molar-refractivity contribution in [3.05, 3.63) is 11.9 Å². The van der Waals surface area contributed by atoms with Gasteiger partial charge in [-0.15, -0.1) is 5.10 Å². The predicted octanol–water partition coefficient (Wildman–Crippen LogP) is 0.708. The summed E-state index contributed by atoms with van der Waals surface area (Å²) in [5.74, 6) is -0.470. The number of rotatable bonds is 4. The lowest BCUT2D eigenvalue weighted by molar-refractivity contribution is 0.0690. The van der Waals surface area contributed by atoms with Crippen LogP contribution in [0.5, 0.6) is 0 Å². The maximum Gasteiger partial charge on any atom is 0.358 e. The van der Waals surface area contributed by atoms with E-state index in [4.69, 9.17) is 5.11 Å². The first kappa shape index (κ1) is 12.0. The summed E-state index contributed by atoms with van der Waals surface area (Å²) in [7, 11) is 0. The van der Waals surface area contributed by atoms with Crippen LogP contribution in [0.2, 0.25) is 0 Å². The van der Waals surface area contributed by atoms with Crippen molar-refractivity contribution in [1.82, 2.24) is 19.9 Å². The van der Waals surface area contributed by atoms with Gasteiger partial charge < -0.3 is 10.0 Å². The fourth-order valence-electron chi connectivity index (χ4n) is 2.34. The molecule has 1 atom stereocenters. The Morgan fingerprint density at radius 3 is 3.12 bits per heavy atom. The van der Waals surface area contributed by atoms with Crippen molar-refractivity contribution in [1.29, 1.82) is 0 Å². The maximum absolute atomic E-state index is 10.7. The average Bonchev–Trinajstić information content (AvgIpc) is 2.78. The number of nitrogens with zero attached hydrogens (tertiary/aromatic N) is 4. The molecule has 6 heteroatoms. The van der Waals surface area contributed by atoms with E-state index in [1.54, 1.807) is 4.68 Å². The second kappa shape index (κ2) is 5.27. The van der Waals surface area contributed by atoms with Gasteiger partial charge in [-0.1, -0.05) is 12.1 Å². The van der Waals surface area contributed by atoms with Crippen LogP contribution in [-0.4, -0.2) is 50.6 Å². The number of likely N-dealkylation sites (tertiary alicyclic amines) is 1. The number of aromatic carboxylic acids is 1. The van der Waals surface area contributed by atoms with Gasteiger partial charge in [-0.25, -0.2) is 4.79 Å². The molecule has 0 spiro atoms. The van der Waals surface area contributed by atoms with E-state index in [9.17, 15) is 4.79 Å². The van der Waals surface area contributed by atoms with Gasteiger partial charge in [-0.2, -0.15) is 0 Å². The van der Waals surface area contributed by atoms with Gasteiger partial charge >= 0.3 is 5.97 Å². The molecule has 0 aliphatic carbocycles. The molecule has 0 unspecified atom stereocenters. The number of aromatic nitrogens is 3. The van der Waals surface area contributed by atoms with Crippen molar-refractivity contribution in [3.8, 4) is 0 Å². The maximum atomic E-state index is 10.7. The lowest BCUT2D eigenvalue weighted by Crippen LogP contribution is -2.36. The third-order valence-electron chi connectivity index (χ3n) is 3.25. The largest absolute Gasteiger partial charge is 0.476 e. The van der Waals surface area contributed by atoms with Gasteiger partial charge in [0.05, 0.1) is 6.20 Å². The zero-order valence-electron chi connectivity index (χ0n) is 10.0. The number of hydrogen-bond acceptors (Lipinski definition) is 4. The fraction of sp³-hybridized carbons (Fsp3) is 0.727. The van der Waals surface area contributed by atoms with Crippen LogP contribution in [-0.2, 0) is 6.54 Å². The number of piperidine rings is 1. The van der Waals surface area contributed by atoms with Crippen LogP contribution in [0.4, 0.5) is 0 Å². The molecule has 0 bridgehead atoms. The molecule has 1 aliphatic heterocycles. The molecule has 1 aliphatic rings. The fourth-order valence-corrected chi connectivity index (χ4v) is 2.34. The number of carbonyl (C=O) groups is 1. The number of hydrogen-bond donors (Lipinski definition) is 1. The Hall–Kier alpha value is -1.43. The lowest BCUT2D eigenvalue weighted by atomic mass is 9.98. The molecule has 1 N–H and O–H groups in total. The zero-order valence-corrected chi connectivity index (χ0v) is 10.0. The van der Waals surface area contributed by atoms with E-state index in [1.807, 2.05) is 0 Å². The molecule has 1 saturated heterocycles. The summed E-state index contributed by atoms with van der Waals surface area (Å²) < 4.78 is 1.65. The molecule has 1 aromatic rings. The summed E-state index contributed by atoms with van der Waals surface area (Å²) in [5.41, 5.74) is 0.0214. The molecule has 0 amide bonds. The van der Waals surface area contributed by atoms with Crippen molar-refractivity contribution in [2.45, 2.75) is 26.3 Å². The smallest absolute Gasteiger partial charge is 0.358 e. The van der Waals surface area contributed by atoms with Gasteiger partial charge in [0.1, 0.15) is 0 Å². The molecule has 0 aromatic carbocycles. The highest BCUT2D eigenvalue weighted by atomic mass is 16.4. The minimum Gasteiger partial charge on any atom is -0.476 e. The van der Waals surface area contributed by atoms with Crippen molar-refractivity contribution >= 4 is 5.97 Å². The molecule has 17 heavy (non-hydrogen) atoms.